The van der Waals surface area contributed by atoms with Crippen molar-refractivity contribution >= 4 is 23.2 Å². The second kappa shape index (κ2) is 5.88. The lowest BCUT2D eigenvalue weighted by atomic mass is 9.86. The Bertz CT molecular complexity index is 1000. The van der Waals surface area contributed by atoms with Gasteiger partial charge in [-0.25, -0.2) is 0 Å². The number of fused-ring (bicyclic) bond motifs is 1. The van der Waals surface area contributed by atoms with Crippen LogP contribution in [0.2, 0.25) is 0 Å². The van der Waals surface area contributed by atoms with Crippen molar-refractivity contribution in [3.8, 4) is 5.69 Å². The number of rotatable bonds is 3. The van der Waals surface area contributed by atoms with Crippen LogP contribution in [0.4, 0.5) is 11.4 Å². The van der Waals surface area contributed by atoms with Crippen molar-refractivity contribution in [3.63, 3.8) is 0 Å². The summed E-state index contributed by atoms with van der Waals surface area (Å²) < 4.78 is 1.95. The number of nitrogens with one attached hydrogen (secondary N) is 2. The predicted molar refractivity (Wildman–Crippen MR) is 102 cm³/mol. The maximum atomic E-state index is 12.7. The van der Waals surface area contributed by atoms with E-state index in [4.69, 9.17) is 0 Å². The first-order valence-corrected chi connectivity index (χ1v) is 8.46. The summed E-state index contributed by atoms with van der Waals surface area (Å²) >= 11 is 0. The number of amides is 2. The van der Waals surface area contributed by atoms with E-state index in [0.29, 0.717) is 11.3 Å². The molecule has 2 N–H and O–H groups in total. The summed E-state index contributed by atoms with van der Waals surface area (Å²) in [5.74, 6) is -0.218. The van der Waals surface area contributed by atoms with E-state index in [1.807, 2.05) is 73.3 Å². The van der Waals surface area contributed by atoms with Crippen LogP contribution in [0, 0.1) is 0 Å². The monoisotopic (exact) mass is 345 g/mol. The summed E-state index contributed by atoms with van der Waals surface area (Å²) in [4.78, 5) is 24.7. The summed E-state index contributed by atoms with van der Waals surface area (Å²) in [6.45, 7) is 3.75. The van der Waals surface area contributed by atoms with E-state index in [1.165, 1.54) is 0 Å². The first-order chi connectivity index (χ1) is 12.4. The summed E-state index contributed by atoms with van der Waals surface area (Å²) in [5.41, 5.74) is 3.25. The lowest BCUT2D eigenvalue weighted by molar-refractivity contribution is -0.119. The predicted octanol–water partition coefficient (Wildman–Crippen LogP) is 3.96. The van der Waals surface area contributed by atoms with Gasteiger partial charge in [0.15, 0.2) is 0 Å². The maximum absolute atomic E-state index is 12.7. The Morgan fingerprint density at radius 1 is 1.04 bits per heavy atom. The first-order valence-electron chi connectivity index (χ1n) is 8.46. The van der Waals surface area contributed by atoms with Gasteiger partial charge in [-0.2, -0.15) is 0 Å². The zero-order chi connectivity index (χ0) is 18.3. The maximum Gasteiger partial charge on any atom is 0.255 e. The third kappa shape index (κ3) is 2.67. The first kappa shape index (κ1) is 16.1. The van der Waals surface area contributed by atoms with E-state index in [-0.39, 0.29) is 11.8 Å². The van der Waals surface area contributed by atoms with Gasteiger partial charge in [-0.3, -0.25) is 9.59 Å². The molecule has 0 spiro atoms. The standard InChI is InChI=1S/C21H19N3O2/c1-21(2)17-13-15(8-9-18(17)23-20(21)26)22-19(25)14-6-5-7-16(12-14)24-10-3-4-11-24/h3-13H,1-2H3,(H,22,25)(H,23,26). The number of carbonyl (C=O) groups is 2. The fourth-order valence-electron chi connectivity index (χ4n) is 3.17. The van der Waals surface area contributed by atoms with Gasteiger partial charge in [0.2, 0.25) is 5.91 Å². The molecule has 0 radical (unpaired) electrons. The van der Waals surface area contributed by atoms with Crippen LogP contribution >= 0.6 is 0 Å². The van der Waals surface area contributed by atoms with Crippen LogP contribution < -0.4 is 10.6 Å². The molecule has 0 aliphatic carbocycles. The fourth-order valence-corrected chi connectivity index (χ4v) is 3.17. The van der Waals surface area contributed by atoms with E-state index in [2.05, 4.69) is 10.6 Å². The van der Waals surface area contributed by atoms with Gasteiger partial charge < -0.3 is 15.2 Å². The molecule has 0 saturated heterocycles. The lowest BCUT2D eigenvalue weighted by Gasteiger charge is -2.16. The summed E-state index contributed by atoms with van der Waals surface area (Å²) in [6, 6.07) is 16.8. The number of nitrogens with zero attached hydrogens (tertiary/aromatic N) is 1. The van der Waals surface area contributed by atoms with Gasteiger partial charge in [-0.05, 0) is 67.9 Å². The highest BCUT2D eigenvalue weighted by Gasteiger charge is 2.38. The molecule has 1 aromatic heterocycles. The lowest BCUT2D eigenvalue weighted by Crippen LogP contribution is -2.26. The molecule has 1 aliphatic heterocycles. The van der Waals surface area contributed by atoms with Gasteiger partial charge in [0, 0.05) is 35.0 Å². The van der Waals surface area contributed by atoms with Crippen LogP contribution in [0.1, 0.15) is 29.8 Å². The molecule has 0 saturated carbocycles. The fraction of sp³-hybridized carbons (Fsp3) is 0.143. The number of anilines is 2. The van der Waals surface area contributed by atoms with Crippen LogP contribution in [0.3, 0.4) is 0 Å². The van der Waals surface area contributed by atoms with E-state index in [9.17, 15) is 9.59 Å². The summed E-state index contributed by atoms with van der Waals surface area (Å²) in [7, 11) is 0. The molecular weight excluding hydrogens is 326 g/mol. The second-order valence-electron chi connectivity index (χ2n) is 6.93. The van der Waals surface area contributed by atoms with Crippen LogP contribution in [-0.4, -0.2) is 16.4 Å². The smallest absolute Gasteiger partial charge is 0.255 e. The van der Waals surface area contributed by atoms with Crippen LogP contribution in [0.5, 0.6) is 0 Å². The average molecular weight is 345 g/mol. The Hall–Kier alpha value is -3.34. The molecule has 0 bridgehead atoms. The van der Waals surface area contributed by atoms with Gasteiger partial charge >= 0.3 is 0 Å². The third-order valence-electron chi connectivity index (χ3n) is 4.78. The molecule has 130 valence electrons. The van der Waals surface area contributed by atoms with Crippen LogP contribution in [-0.2, 0) is 10.2 Å². The summed E-state index contributed by atoms with van der Waals surface area (Å²) in [6.07, 6.45) is 3.87. The Labute approximate surface area is 151 Å². The molecule has 0 fully saturated rings. The largest absolute Gasteiger partial charge is 0.325 e. The number of benzene rings is 2. The number of hydrogen-bond acceptors (Lipinski definition) is 2. The molecule has 5 heteroatoms. The van der Waals surface area contributed by atoms with Gasteiger partial charge in [0.05, 0.1) is 5.41 Å². The Morgan fingerprint density at radius 3 is 2.58 bits per heavy atom. The third-order valence-corrected chi connectivity index (χ3v) is 4.78. The molecule has 2 amide bonds. The van der Waals surface area contributed by atoms with E-state index >= 15 is 0 Å². The zero-order valence-electron chi connectivity index (χ0n) is 14.6. The van der Waals surface area contributed by atoms with Crippen LogP contribution in [0.25, 0.3) is 5.69 Å². The van der Waals surface area contributed by atoms with E-state index < -0.39 is 5.41 Å². The normalized spacial score (nSPS) is 14.6. The number of carbonyl (C=O) groups excluding carboxylic acids is 2. The SMILES string of the molecule is CC1(C)C(=O)Nc2ccc(NC(=O)c3cccc(-n4cccc4)c3)cc21. The molecule has 4 rings (SSSR count). The van der Waals surface area contributed by atoms with E-state index in [1.54, 1.807) is 12.1 Å². The minimum Gasteiger partial charge on any atom is -0.325 e. The molecule has 0 atom stereocenters. The van der Waals surface area contributed by atoms with Gasteiger partial charge in [-0.1, -0.05) is 6.07 Å². The van der Waals surface area contributed by atoms with Crippen molar-refractivity contribution in [1.82, 2.24) is 4.57 Å². The molecule has 0 unspecified atom stereocenters. The Kier molecular flexibility index (Phi) is 3.65. The van der Waals surface area contributed by atoms with Crippen molar-refractivity contribution < 1.29 is 9.59 Å². The minimum atomic E-state index is -0.607. The molecule has 2 aromatic carbocycles. The molecular formula is C21H19N3O2. The molecule has 2 heterocycles. The van der Waals surface area contributed by atoms with Gasteiger partial charge in [0.1, 0.15) is 0 Å². The van der Waals surface area contributed by atoms with E-state index in [0.717, 1.165) is 16.9 Å². The highest BCUT2D eigenvalue weighted by atomic mass is 16.2. The molecule has 1 aliphatic rings. The highest BCUT2D eigenvalue weighted by Crippen LogP contribution is 2.38. The van der Waals surface area contributed by atoms with Gasteiger partial charge in [-0.15, -0.1) is 0 Å². The highest BCUT2D eigenvalue weighted by molar-refractivity contribution is 6.08. The van der Waals surface area contributed by atoms with Crippen molar-refractivity contribution in [1.29, 1.82) is 0 Å². The number of aromatic nitrogens is 1. The van der Waals surface area contributed by atoms with Crippen molar-refractivity contribution in [2.75, 3.05) is 10.6 Å². The van der Waals surface area contributed by atoms with Crippen LogP contribution in [0.15, 0.2) is 67.0 Å². The van der Waals surface area contributed by atoms with Crippen molar-refractivity contribution in [3.05, 3.63) is 78.1 Å². The number of hydrogen-bond donors (Lipinski definition) is 2. The quantitative estimate of drug-likeness (QED) is 0.755. The van der Waals surface area contributed by atoms with Gasteiger partial charge in [0.25, 0.3) is 5.91 Å². The zero-order valence-corrected chi connectivity index (χ0v) is 14.6. The Balaban J connectivity index is 1.59. The molecule has 3 aromatic rings. The van der Waals surface area contributed by atoms with Crippen molar-refractivity contribution in [2.45, 2.75) is 19.3 Å². The molecule has 26 heavy (non-hydrogen) atoms. The summed E-state index contributed by atoms with van der Waals surface area (Å²) in [5, 5.41) is 5.79. The molecule has 5 nitrogen and oxygen atoms in total. The minimum absolute atomic E-state index is 0.0320. The second-order valence-corrected chi connectivity index (χ2v) is 6.93. The topological polar surface area (TPSA) is 63.1 Å². The Morgan fingerprint density at radius 2 is 1.81 bits per heavy atom. The van der Waals surface area contributed by atoms with Crippen molar-refractivity contribution in [2.24, 2.45) is 0 Å². The average Bonchev–Trinajstić information content (AvgIpc) is 3.24.